The van der Waals surface area contributed by atoms with Gasteiger partial charge in [-0.05, 0) is 4.80 Å². The highest BCUT2D eigenvalue weighted by Gasteiger charge is 2.01. The molecule has 8 heavy (non-hydrogen) atoms. The lowest BCUT2D eigenvalue weighted by Gasteiger charge is -1.97. The van der Waals surface area contributed by atoms with Crippen LogP contribution in [-0.2, 0) is 7.05 Å². The van der Waals surface area contributed by atoms with Crippen LogP contribution in [0.3, 0.4) is 0 Å². The van der Waals surface area contributed by atoms with Crippen molar-refractivity contribution < 1.29 is 4.85 Å². The van der Waals surface area contributed by atoms with E-state index in [1.807, 2.05) is 0 Å². The Morgan fingerprint density at radius 2 is 2.50 bits per heavy atom. The summed E-state index contributed by atoms with van der Waals surface area (Å²) in [4.78, 5) is 1.84. The van der Waals surface area contributed by atoms with Gasteiger partial charge in [0, 0.05) is 6.92 Å². The van der Waals surface area contributed by atoms with E-state index in [0.29, 0.717) is 10.5 Å². The summed E-state index contributed by atoms with van der Waals surface area (Å²) in [6.07, 6.45) is 2.50. The van der Waals surface area contributed by atoms with E-state index < -0.39 is 0 Å². The predicted molar refractivity (Wildman–Crippen MR) is 25.7 cm³/mol. The van der Waals surface area contributed by atoms with Gasteiger partial charge in [0.2, 0.25) is 0 Å². The lowest BCUT2D eigenvalue weighted by atomic mass is 10.6. The summed E-state index contributed by atoms with van der Waals surface area (Å²) in [6.45, 7) is 1.65. The van der Waals surface area contributed by atoms with E-state index in [4.69, 9.17) is 0 Å². The van der Waals surface area contributed by atoms with E-state index in [2.05, 4.69) is 11.3 Å². The maximum Gasteiger partial charge on any atom is 0.302 e. The smallest absolute Gasteiger partial charge is 0.302 e. The van der Waals surface area contributed by atoms with Crippen LogP contribution in [0.1, 0.15) is 5.69 Å². The zero-order valence-corrected chi connectivity index (χ0v) is 4.75. The molecule has 0 amide bonds. The highest BCUT2D eigenvalue weighted by atomic mass is 16.5. The van der Waals surface area contributed by atoms with E-state index in [-0.39, 0.29) is 0 Å². The molecule has 0 aliphatic heterocycles. The Bertz CT molecular complexity index is 174. The van der Waals surface area contributed by atoms with Crippen LogP contribution in [0.5, 0.6) is 0 Å². The fraction of sp³-hybridized carbons (Fsp3) is 0.500. The van der Waals surface area contributed by atoms with Gasteiger partial charge in [0.15, 0.2) is 5.69 Å². The number of rotatable bonds is 0. The summed E-state index contributed by atoms with van der Waals surface area (Å²) in [5.41, 5.74) is 0.493. The van der Waals surface area contributed by atoms with E-state index in [9.17, 15) is 5.21 Å². The minimum absolute atomic E-state index is 0.493. The molecule has 0 unspecified atom stereocenters. The Morgan fingerprint density at radius 3 is 2.62 bits per heavy atom. The first-order chi connectivity index (χ1) is 3.72. The van der Waals surface area contributed by atoms with Gasteiger partial charge in [-0.2, -0.15) is 4.85 Å². The maximum absolute atomic E-state index is 10.6. The number of aryl methyl sites for hydroxylation is 2. The highest BCUT2D eigenvalue weighted by Crippen LogP contribution is 1.77. The molecule has 0 bridgehead atoms. The van der Waals surface area contributed by atoms with Gasteiger partial charge in [0.05, 0.1) is 12.1 Å². The molecule has 0 spiro atoms. The average Bonchev–Trinajstić information content (AvgIpc) is 1.98. The molecule has 0 aromatic carbocycles. The van der Waals surface area contributed by atoms with Gasteiger partial charge < -0.3 is 5.21 Å². The van der Waals surface area contributed by atoms with E-state index in [1.165, 1.54) is 4.80 Å². The molecule has 0 saturated heterocycles. The maximum atomic E-state index is 10.6. The Morgan fingerprint density at radius 1 is 1.88 bits per heavy atom. The van der Waals surface area contributed by atoms with Crippen LogP contribution >= 0.6 is 0 Å². The number of hydrogen-bond acceptors (Lipinski definition) is 2. The molecule has 0 saturated carbocycles. The summed E-state index contributed by atoms with van der Waals surface area (Å²) in [5.74, 6) is 0. The van der Waals surface area contributed by atoms with Crippen LogP contribution in [0.4, 0.5) is 0 Å². The van der Waals surface area contributed by atoms with E-state index >= 15 is 0 Å². The third-order valence-corrected chi connectivity index (χ3v) is 0.906. The molecule has 1 rings (SSSR count). The largest absolute Gasteiger partial charge is 0.692 e. The van der Waals surface area contributed by atoms with Crippen molar-refractivity contribution in [2.45, 2.75) is 6.92 Å². The van der Waals surface area contributed by atoms with Gasteiger partial charge in [-0.1, -0.05) is 0 Å². The first-order valence-electron chi connectivity index (χ1n) is 2.23. The van der Waals surface area contributed by atoms with E-state index in [0.717, 1.165) is 0 Å². The molecule has 0 aliphatic carbocycles. The summed E-state index contributed by atoms with van der Waals surface area (Å²) in [6, 6.07) is 0. The Labute approximate surface area is 46.9 Å². The van der Waals surface area contributed by atoms with Crippen molar-refractivity contribution in [3.63, 3.8) is 0 Å². The van der Waals surface area contributed by atoms with Crippen molar-refractivity contribution >= 4 is 0 Å². The van der Waals surface area contributed by atoms with Gasteiger partial charge in [0.1, 0.15) is 0 Å². The summed E-state index contributed by atoms with van der Waals surface area (Å²) in [7, 11) is 1.57. The number of hydrogen-bond donors (Lipinski definition) is 0. The number of nitrogens with zero attached hydrogens (tertiary/aromatic N) is 3. The van der Waals surface area contributed by atoms with Crippen LogP contribution in [0.2, 0.25) is 0 Å². The molecule has 1 aromatic rings. The summed E-state index contributed by atoms with van der Waals surface area (Å²) >= 11 is 0. The molecular weight excluding hydrogens is 106 g/mol. The Hall–Kier alpha value is -1.06. The van der Waals surface area contributed by atoms with Gasteiger partial charge >= 0.3 is 6.20 Å². The molecule has 0 fully saturated rings. The first kappa shape index (κ1) is 5.08. The molecule has 0 N–H and O–H groups in total. The van der Waals surface area contributed by atoms with Gasteiger partial charge in [-0.3, -0.25) is 0 Å². The highest BCUT2D eigenvalue weighted by molar-refractivity contribution is 4.74. The Balaban J connectivity index is 3.19. The Kier molecular flexibility index (Phi) is 0.932. The first-order valence-corrected chi connectivity index (χ1v) is 2.23. The zero-order valence-electron chi connectivity index (χ0n) is 4.75. The standard InChI is InChI=1S/C4H6N3O/c1-4-3-5-6(2)7(4)8/h1-2H3. The summed E-state index contributed by atoms with van der Waals surface area (Å²) < 4.78 is 0. The minimum atomic E-state index is 0.493. The van der Waals surface area contributed by atoms with Crippen molar-refractivity contribution in [1.29, 1.82) is 0 Å². The lowest BCUT2D eigenvalue weighted by Crippen LogP contribution is -2.38. The molecule has 4 heteroatoms. The third kappa shape index (κ3) is 0.538. The van der Waals surface area contributed by atoms with Crippen molar-refractivity contribution in [3.8, 4) is 0 Å². The normalized spacial score (nSPS) is 9.75. The minimum Gasteiger partial charge on any atom is -0.692 e. The topological polar surface area (TPSA) is 44.8 Å². The molecule has 1 radical (unpaired) electrons. The molecular formula is C4H6N3O. The molecule has 1 aromatic heterocycles. The second-order valence-electron chi connectivity index (χ2n) is 1.56. The average molecular weight is 112 g/mol. The number of aromatic nitrogens is 3. The SMILES string of the molecule is Cc1[c]nn(C)[n+]1[O-]. The van der Waals surface area contributed by atoms with E-state index in [1.54, 1.807) is 14.0 Å². The molecule has 1 heterocycles. The summed E-state index contributed by atoms with van der Waals surface area (Å²) in [5, 5.41) is 14.1. The van der Waals surface area contributed by atoms with Crippen LogP contribution in [0.15, 0.2) is 0 Å². The van der Waals surface area contributed by atoms with Crippen molar-refractivity contribution in [2.24, 2.45) is 7.05 Å². The van der Waals surface area contributed by atoms with Gasteiger partial charge in [-0.25, -0.2) is 0 Å². The fourth-order valence-electron chi connectivity index (χ4n) is 0.445. The molecule has 0 atom stereocenters. The van der Waals surface area contributed by atoms with Crippen LogP contribution in [0, 0.1) is 18.3 Å². The lowest BCUT2D eigenvalue weighted by molar-refractivity contribution is -0.702. The van der Waals surface area contributed by atoms with Crippen molar-refractivity contribution in [1.82, 2.24) is 9.90 Å². The fourth-order valence-corrected chi connectivity index (χ4v) is 0.445. The molecule has 4 nitrogen and oxygen atoms in total. The zero-order chi connectivity index (χ0) is 6.15. The van der Waals surface area contributed by atoms with Gasteiger partial charge in [0.25, 0.3) is 0 Å². The third-order valence-electron chi connectivity index (χ3n) is 0.906. The van der Waals surface area contributed by atoms with Crippen molar-refractivity contribution in [3.05, 3.63) is 17.1 Å². The quantitative estimate of drug-likeness (QED) is 0.324. The van der Waals surface area contributed by atoms with Gasteiger partial charge in [-0.15, -0.1) is 0 Å². The second-order valence-corrected chi connectivity index (χ2v) is 1.56. The monoisotopic (exact) mass is 112 g/mol. The second kappa shape index (κ2) is 1.47. The van der Waals surface area contributed by atoms with Crippen molar-refractivity contribution in [2.75, 3.05) is 0 Å². The molecule has 43 valence electrons. The van der Waals surface area contributed by atoms with Crippen LogP contribution in [-0.4, -0.2) is 9.90 Å². The van der Waals surface area contributed by atoms with Crippen LogP contribution in [0.25, 0.3) is 0 Å². The predicted octanol–water partition coefficient (Wildman–Crippen LogP) is -0.838. The molecule has 0 aliphatic rings. The van der Waals surface area contributed by atoms with Crippen LogP contribution < -0.4 is 4.85 Å².